The second kappa shape index (κ2) is 12.3. The third-order valence-electron chi connectivity index (χ3n) is 10.4. The number of amides is 4. The first-order valence-electron chi connectivity index (χ1n) is 16.8. The number of carbonyl (C=O) groups is 4. The summed E-state index contributed by atoms with van der Waals surface area (Å²) in [5, 5.41) is 7.10. The first kappa shape index (κ1) is 32.3. The van der Waals surface area contributed by atoms with E-state index in [1.807, 2.05) is 38.1 Å². The molecule has 0 aliphatic carbocycles. The van der Waals surface area contributed by atoms with Gasteiger partial charge in [0.2, 0.25) is 27.7 Å². The SMILES string of the molecule is CC1(C)CCCCN1S(=O)(=O)Cc1cccc(NC(=O)C2CCN(c3ccc4c5c(cccc35)C(=O)N4C3CCC(=O)NC3=O)CC2)c1. The fourth-order valence-corrected chi connectivity index (χ4v) is 9.92. The molecule has 3 saturated heterocycles. The summed E-state index contributed by atoms with van der Waals surface area (Å²) in [6.07, 6.45) is 4.46. The number of imide groups is 1. The topological polar surface area (TPSA) is 136 Å². The van der Waals surface area contributed by atoms with Gasteiger partial charge in [-0.05, 0) is 81.8 Å². The van der Waals surface area contributed by atoms with Crippen LogP contribution in [0.15, 0.2) is 54.6 Å². The van der Waals surface area contributed by atoms with Gasteiger partial charge in [0.15, 0.2) is 0 Å². The Labute approximate surface area is 280 Å². The van der Waals surface area contributed by atoms with E-state index >= 15 is 0 Å². The molecule has 0 saturated carbocycles. The summed E-state index contributed by atoms with van der Waals surface area (Å²) in [5.74, 6) is -1.42. The van der Waals surface area contributed by atoms with E-state index in [2.05, 4.69) is 15.5 Å². The van der Waals surface area contributed by atoms with E-state index in [4.69, 9.17) is 0 Å². The van der Waals surface area contributed by atoms with Crippen LogP contribution < -0.4 is 20.4 Å². The van der Waals surface area contributed by atoms with E-state index < -0.39 is 27.5 Å². The molecular weight excluding hydrogens is 630 g/mol. The van der Waals surface area contributed by atoms with Crippen LogP contribution in [0.25, 0.3) is 10.8 Å². The van der Waals surface area contributed by atoms with Crippen molar-refractivity contribution >= 4 is 61.5 Å². The number of rotatable bonds is 7. The second-order valence-electron chi connectivity index (χ2n) is 14.0. The van der Waals surface area contributed by atoms with Crippen molar-refractivity contribution in [2.45, 2.75) is 76.1 Å². The van der Waals surface area contributed by atoms with Gasteiger partial charge in [-0.25, -0.2) is 8.42 Å². The van der Waals surface area contributed by atoms with Gasteiger partial charge in [-0.1, -0.05) is 30.7 Å². The van der Waals surface area contributed by atoms with Gasteiger partial charge in [-0.2, -0.15) is 4.31 Å². The van der Waals surface area contributed by atoms with Gasteiger partial charge < -0.3 is 10.2 Å². The van der Waals surface area contributed by atoms with E-state index in [-0.39, 0.29) is 42.2 Å². The highest BCUT2D eigenvalue weighted by atomic mass is 32.2. The summed E-state index contributed by atoms with van der Waals surface area (Å²) in [6, 6.07) is 15.9. The molecule has 12 heteroatoms. The maximum Gasteiger partial charge on any atom is 0.259 e. The molecule has 4 aliphatic rings. The van der Waals surface area contributed by atoms with E-state index in [0.29, 0.717) is 55.0 Å². The molecule has 252 valence electrons. The fraction of sp³-hybridized carbons (Fsp3) is 0.444. The summed E-state index contributed by atoms with van der Waals surface area (Å²) in [6.45, 7) is 5.78. The maximum atomic E-state index is 13.5. The summed E-state index contributed by atoms with van der Waals surface area (Å²) in [4.78, 5) is 55.1. The van der Waals surface area contributed by atoms with Gasteiger partial charge in [-0.15, -0.1) is 0 Å². The molecule has 0 bridgehead atoms. The molecular formula is C36H41N5O6S. The van der Waals surface area contributed by atoms with Crippen LogP contribution >= 0.6 is 0 Å². The molecule has 7 rings (SSSR count). The number of hydrogen-bond acceptors (Lipinski definition) is 7. The molecule has 0 radical (unpaired) electrons. The highest BCUT2D eigenvalue weighted by Crippen LogP contribution is 2.44. The molecule has 0 spiro atoms. The van der Waals surface area contributed by atoms with Gasteiger partial charge in [0.1, 0.15) is 6.04 Å². The Morgan fingerprint density at radius 1 is 0.938 bits per heavy atom. The van der Waals surface area contributed by atoms with Crippen LogP contribution in [0.5, 0.6) is 0 Å². The quantitative estimate of drug-likeness (QED) is 0.352. The van der Waals surface area contributed by atoms with Crippen molar-refractivity contribution in [2.24, 2.45) is 5.92 Å². The molecule has 11 nitrogen and oxygen atoms in total. The lowest BCUT2D eigenvalue weighted by Gasteiger charge is -2.41. The molecule has 3 fully saturated rings. The lowest BCUT2D eigenvalue weighted by atomic mass is 9.93. The van der Waals surface area contributed by atoms with Crippen LogP contribution in [-0.4, -0.2) is 67.6 Å². The van der Waals surface area contributed by atoms with E-state index in [1.165, 1.54) is 4.90 Å². The number of nitrogens with zero attached hydrogens (tertiary/aromatic N) is 3. The van der Waals surface area contributed by atoms with Crippen LogP contribution in [-0.2, 0) is 30.2 Å². The van der Waals surface area contributed by atoms with Crippen molar-refractivity contribution in [2.75, 3.05) is 34.8 Å². The van der Waals surface area contributed by atoms with Crippen molar-refractivity contribution in [3.63, 3.8) is 0 Å². The molecule has 4 heterocycles. The van der Waals surface area contributed by atoms with E-state index in [0.717, 1.165) is 35.7 Å². The van der Waals surface area contributed by atoms with E-state index in [9.17, 15) is 27.6 Å². The molecule has 2 N–H and O–H groups in total. The predicted octanol–water partition coefficient (Wildman–Crippen LogP) is 4.55. The van der Waals surface area contributed by atoms with Crippen LogP contribution in [0.4, 0.5) is 17.1 Å². The normalized spacial score (nSPS) is 21.9. The van der Waals surface area contributed by atoms with Crippen molar-refractivity contribution in [1.82, 2.24) is 9.62 Å². The zero-order chi connectivity index (χ0) is 33.8. The molecule has 1 atom stereocenters. The monoisotopic (exact) mass is 671 g/mol. The van der Waals surface area contributed by atoms with Crippen molar-refractivity contribution < 1.29 is 27.6 Å². The van der Waals surface area contributed by atoms with Crippen LogP contribution in [0.1, 0.15) is 74.7 Å². The zero-order valence-electron chi connectivity index (χ0n) is 27.3. The largest absolute Gasteiger partial charge is 0.371 e. The third kappa shape index (κ3) is 5.85. The molecule has 3 aromatic rings. The number of anilines is 3. The lowest BCUT2D eigenvalue weighted by molar-refractivity contribution is -0.134. The summed E-state index contributed by atoms with van der Waals surface area (Å²) >= 11 is 0. The Morgan fingerprint density at radius 2 is 1.69 bits per heavy atom. The minimum atomic E-state index is -3.51. The highest BCUT2D eigenvalue weighted by Gasteiger charge is 2.41. The zero-order valence-corrected chi connectivity index (χ0v) is 28.1. The average molecular weight is 672 g/mol. The number of carbonyl (C=O) groups excluding carboxylic acids is 4. The first-order chi connectivity index (χ1) is 22.9. The first-order valence-corrected chi connectivity index (χ1v) is 18.4. The highest BCUT2D eigenvalue weighted by molar-refractivity contribution is 7.88. The lowest BCUT2D eigenvalue weighted by Crippen LogP contribution is -2.53. The number of piperidine rings is 3. The smallest absolute Gasteiger partial charge is 0.259 e. The second-order valence-corrected chi connectivity index (χ2v) is 15.9. The maximum absolute atomic E-state index is 13.5. The molecule has 48 heavy (non-hydrogen) atoms. The minimum absolute atomic E-state index is 0.0855. The molecule has 1 unspecified atom stereocenters. The van der Waals surface area contributed by atoms with Crippen molar-refractivity contribution in [1.29, 1.82) is 0 Å². The fourth-order valence-electron chi connectivity index (χ4n) is 7.91. The predicted molar refractivity (Wildman–Crippen MR) is 184 cm³/mol. The Hall–Kier alpha value is -4.29. The molecule has 3 aromatic carbocycles. The Kier molecular flexibility index (Phi) is 8.27. The Morgan fingerprint density at radius 3 is 2.44 bits per heavy atom. The minimum Gasteiger partial charge on any atom is -0.371 e. The number of benzene rings is 3. The number of nitrogens with one attached hydrogen (secondary N) is 2. The van der Waals surface area contributed by atoms with Gasteiger partial charge in [0, 0.05) is 65.2 Å². The summed E-state index contributed by atoms with van der Waals surface area (Å²) in [7, 11) is -3.51. The van der Waals surface area contributed by atoms with Gasteiger partial charge in [0.05, 0.1) is 11.4 Å². The third-order valence-corrected chi connectivity index (χ3v) is 12.4. The van der Waals surface area contributed by atoms with Gasteiger partial charge >= 0.3 is 0 Å². The van der Waals surface area contributed by atoms with Gasteiger partial charge in [0.25, 0.3) is 5.91 Å². The Bertz CT molecular complexity index is 1930. The van der Waals surface area contributed by atoms with Crippen LogP contribution in [0.3, 0.4) is 0 Å². The van der Waals surface area contributed by atoms with Crippen molar-refractivity contribution in [3.8, 4) is 0 Å². The van der Waals surface area contributed by atoms with E-state index in [1.54, 1.807) is 34.6 Å². The van der Waals surface area contributed by atoms with Crippen LogP contribution in [0.2, 0.25) is 0 Å². The van der Waals surface area contributed by atoms with Crippen molar-refractivity contribution in [3.05, 3.63) is 65.7 Å². The molecule has 4 amide bonds. The number of hydrogen-bond donors (Lipinski definition) is 2. The number of sulfonamides is 1. The molecule has 0 aromatic heterocycles. The Balaban J connectivity index is 1.02. The van der Waals surface area contributed by atoms with Gasteiger partial charge in [-0.3, -0.25) is 29.4 Å². The van der Waals surface area contributed by atoms with Crippen LogP contribution in [0, 0.1) is 5.92 Å². The average Bonchev–Trinajstić information content (AvgIpc) is 3.33. The summed E-state index contributed by atoms with van der Waals surface area (Å²) < 4.78 is 28.3. The standard InChI is InChI=1S/C36H41N5O6S/c1-36(2)17-3-4-18-40(36)48(46,47)22-23-7-5-8-25(21-23)37-33(43)24-15-19-39(20-16-24)28-11-12-29-32-26(28)9-6-10-27(32)35(45)41(29)30-13-14-31(42)38-34(30)44/h5-12,21,24,30H,3-4,13-20,22H2,1-2H3,(H,37,43)(H,38,42,44). The summed E-state index contributed by atoms with van der Waals surface area (Å²) in [5.41, 5.74) is 3.01. The molecule has 4 aliphatic heterocycles.